The largest absolute Gasteiger partial charge is 0.483 e. The Morgan fingerprint density at radius 2 is 2.12 bits per heavy atom. The van der Waals surface area contributed by atoms with Crippen LogP contribution in [-0.4, -0.2) is 22.2 Å². The SMILES string of the molecule is CCc1cc2c(=O)n(NC(=O)COc3ccccc3C(C)C)cnc2s1. The van der Waals surface area contributed by atoms with E-state index in [1.165, 1.54) is 17.7 Å². The summed E-state index contributed by atoms with van der Waals surface area (Å²) in [5.74, 6) is 0.539. The summed E-state index contributed by atoms with van der Waals surface area (Å²) in [5.41, 5.74) is 3.27. The molecule has 2 aromatic heterocycles. The summed E-state index contributed by atoms with van der Waals surface area (Å²) in [5, 5.41) is 0.515. The number of carbonyl (C=O) groups excluding carboxylic acids is 1. The van der Waals surface area contributed by atoms with Crippen LogP contribution in [-0.2, 0) is 11.2 Å². The fourth-order valence-electron chi connectivity index (χ4n) is 2.63. The van der Waals surface area contributed by atoms with E-state index in [1.54, 1.807) is 0 Å². The third-order valence-corrected chi connectivity index (χ3v) is 5.18. The van der Waals surface area contributed by atoms with Crippen molar-refractivity contribution in [3.05, 3.63) is 57.5 Å². The van der Waals surface area contributed by atoms with Gasteiger partial charge in [-0.05, 0) is 30.0 Å². The molecule has 26 heavy (non-hydrogen) atoms. The van der Waals surface area contributed by atoms with Crippen LogP contribution in [0.15, 0.2) is 41.5 Å². The molecular weight excluding hydrogens is 350 g/mol. The molecule has 0 atom stereocenters. The molecule has 1 N–H and O–H groups in total. The lowest BCUT2D eigenvalue weighted by molar-refractivity contribution is -0.119. The van der Waals surface area contributed by atoms with Crippen LogP contribution in [0.1, 0.15) is 37.1 Å². The number of para-hydroxylation sites is 1. The van der Waals surface area contributed by atoms with Gasteiger partial charge in [0.05, 0.1) is 5.39 Å². The molecule has 0 aliphatic carbocycles. The molecule has 0 saturated heterocycles. The Bertz CT molecular complexity index is 991. The zero-order valence-corrected chi connectivity index (χ0v) is 15.8. The number of nitrogens with zero attached hydrogens (tertiary/aromatic N) is 2. The second kappa shape index (κ2) is 7.70. The van der Waals surface area contributed by atoms with E-state index in [4.69, 9.17) is 4.74 Å². The van der Waals surface area contributed by atoms with E-state index in [2.05, 4.69) is 24.3 Å². The van der Waals surface area contributed by atoms with Crippen molar-refractivity contribution in [2.75, 3.05) is 12.0 Å². The maximum atomic E-state index is 12.5. The molecule has 0 aliphatic rings. The molecule has 1 aromatic carbocycles. The van der Waals surface area contributed by atoms with Gasteiger partial charge in [0.15, 0.2) is 6.61 Å². The first-order valence-electron chi connectivity index (χ1n) is 8.51. The van der Waals surface area contributed by atoms with Gasteiger partial charge in [0.25, 0.3) is 11.5 Å². The van der Waals surface area contributed by atoms with Crippen LogP contribution < -0.4 is 15.7 Å². The lowest BCUT2D eigenvalue weighted by atomic mass is 10.0. The summed E-state index contributed by atoms with van der Waals surface area (Å²) in [6, 6.07) is 9.44. The van der Waals surface area contributed by atoms with Crippen LogP contribution in [0.25, 0.3) is 10.2 Å². The van der Waals surface area contributed by atoms with Crippen LogP contribution in [0.4, 0.5) is 0 Å². The van der Waals surface area contributed by atoms with Gasteiger partial charge < -0.3 is 4.74 Å². The Labute approximate surface area is 155 Å². The van der Waals surface area contributed by atoms with E-state index in [0.717, 1.165) is 21.5 Å². The van der Waals surface area contributed by atoms with E-state index in [-0.39, 0.29) is 18.1 Å². The van der Waals surface area contributed by atoms with Gasteiger partial charge in [-0.1, -0.05) is 39.0 Å². The number of benzene rings is 1. The minimum Gasteiger partial charge on any atom is -0.483 e. The number of ether oxygens (including phenoxy) is 1. The highest BCUT2D eigenvalue weighted by Gasteiger charge is 2.12. The van der Waals surface area contributed by atoms with Crippen molar-refractivity contribution in [3.63, 3.8) is 0 Å². The number of thiophene rings is 1. The Hall–Kier alpha value is -2.67. The van der Waals surface area contributed by atoms with Gasteiger partial charge in [0.2, 0.25) is 0 Å². The predicted octanol–water partition coefficient (Wildman–Crippen LogP) is 3.29. The predicted molar refractivity (Wildman–Crippen MR) is 104 cm³/mol. The molecule has 136 valence electrons. The molecule has 0 unspecified atom stereocenters. The van der Waals surface area contributed by atoms with Crippen molar-refractivity contribution in [3.8, 4) is 5.75 Å². The molecule has 0 bridgehead atoms. The lowest BCUT2D eigenvalue weighted by Crippen LogP contribution is -2.35. The Morgan fingerprint density at radius 3 is 2.85 bits per heavy atom. The summed E-state index contributed by atoms with van der Waals surface area (Å²) in [6.07, 6.45) is 2.18. The fraction of sp³-hybridized carbons (Fsp3) is 0.316. The molecule has 0 spiro atoms. The highest BCUT2D eigenvalue weighted by molar-refractivity contribution is 7.18. The number of amides is 1. The summed E-state index contributed by atoms with van der Waals surface area (Å²) < 4.78 is 6.74. The van der Waals surface area contributed by atoms with Crippen LogP contribution in [0.2, 0.25) is 0 Å². The van der Waals surface area contributed by atoms with Crippen molar-refractivity contribution in [2.24, 2.45) is 0 Å². The quantitative estimate of drug-likeness (QED) is 0.722. The average Bonchev–Trinajstić information content (AvgIpc) is 3.07. The molecule has 0 saturated carbocycles. The highest BCUT2D eigenvalue weighted by Crippen LogP contribution is 2.25. The van der Waals surface area contributed by atoms with Crippen LogP contribution >= 0.6 is 11.3 Å². The van der Waals surface area contributed by atoms with E-state index >= 15 is 0 Å². The number of aromatic nitrogens is 2. The molecule has 1 amide bonds. The summed E-state index contributed by atoms with van der Waals surface area (Å²) in [7, 11) is 0. The van der Waals surface area contributed by atoms with E-state index in [9.17, 15) is 9.59 Å². The molecule has 3 aromatic rings. The second-order valence-corrected chi connectivity index (χ2v) is 7.34. The molecule has 0 aliphatic heterocycles. The van der Waals surface area contributed by atoms with Crippen molar-refractivity contribution in [1.29, 1.82) is 0 Å². The van der Waals surface area contributed by atoms with E-state index < -0.39 is 5.91 Å². The van der Waals surface area contributed by atoms with Gasteiger partial charge in [0.1, 0.15) is 16.9 Å². The fourth-order valence-corrected chi connectivity index (χ4v) is 3.55. The molecule has 6 nitrogen and oxygen atoms in total. The van der Waals surface area contributed by atoms with Gasteiger partial charge in [-0.3, -0.25) is 15.0 Å². The third kappa shape index (κ3) is 3.77. The van der Waals surface area contributed by atoms with Crippen LogP contribution in [0.3, 0.4) is 0 Å². The molecular formula is C19H21N3O3S. The first kappa shape index (κ1) is 18.1. The van der Waals surface area contributed by atoms with Crippen molar-refractivity contribution < 1.29 is 9.53 Å². The zero-order valence-electron chi connectivity index (χ0n) is 15.0. The van der Waals surface area contributed by atoms with Crippen LogP contribution in [0.5, 0.6) is 5.75 Å². The first-order valence-corrected chi connectivity index (χ1v) is 9.33. The van der Waals surface area contributed by atoms with Crippen molar-refractivity contribution in [2.45, 2.75) is 33.1 Å². The summed E-state index contributed by atoms with van der Waals surface area (Å²) in [6.45, 7) is 5.97. The zero-order chi connectivity index (χ0) is 18.7. The average molecular weight is 371 g/mol. The van der Waals surface area contributed by atoms with Gasteiger partial charge >= 0.3 is 0 Å². The highest BCUT2D eigenvalue weighted by atomic mass is 32.1. The lowest BCUT2D eigenvalue weighted by Gasteiger charge is -2.14. The Kier molecular flexibility index (Phi) is 5.37. The van der Waals surface area contributed by atoms with Crippen molar-refractivity contribution >= 4 is 27.5 Å². The number of aryl methyl sites for hydroxylation is 1. The van der Waals surface area contributed by atoms with Gasteiger partial charge in [-0.2, -0.15) is 0 Å². The minimum absolute atomic E-state index is 0.182. The summed E-state index contributed by atoms with van der Waals surface area (Å²) >= 11 is 1.49. The number of carbonyl (C=O) groups is 1. The van der Waals surface area contributed by atoms with Gasteiger partial charge in [0, 0.05) is 4.88 Å². The van der Waals surface area contributed by atoms with E-state index in [0.29, 0.717) is 16.0 Å². The first-order chi connectivity index (χ1) is 12.5. The number of rotatable bonds is 6. The number of hydrogen-bond donors (Lipinski definition) is 1. The number of hydrogen-bond acceptors (Lipinski definition) is 5. The van der Waals surface area contributed by atoms with Gasteiger partial charge in [-0.15, -0.1) is 11.3 Å². The molecule has 7 heteroatoms. The molecule has 3 rings (SSSR count). The second-order valence-electron chi connectivity index (χ2n) is 6.22. The minimum atomic E-state index is -0.419. The summed E-state index contributed by atoms with van der Waals surface area (Å²) in [4.78, 5) is 30.7. The molecule has 0 fully saturated rings. The molecule has 2 heterocycles. The third-order valence-electron chi connectivity index (χ3n) is 4.00. The Morgan fingerprint density at radius 1 is 1.35 bits per heavy atom. The smallest absolute Gasteiger partial charge is 0.280 e. The van der Waals surface area contributed by atoms with Gasteiger partial charge in [-0.25, -0.2) is 9.66 Å². The molecule has 0 radical (unpaired) electrons. The van der Waals surface area contributed by atoms with Crippen molar-refractivity contribution in [1.82, 2.24) is 9.66 Å². The number of fused-ring (bicyclic) bond motifs is 1. The topological polar surface area (TPSA) is 73.2 Å². The maximum Gasteiger partial charge on any atom is 0.280 e. The normalized spacial score (nSPS) is 11.1. The Balaban J connectivity index is 1.72. The number of nitrogens with one attached hydrogen (secondary N) is 1. The maximum absolute atomic E-state index is 12.5. The van der Waals surface area contributed by atoms with E-state index in [1.807, 2.05) is 37.3 Å². The standard InChI is InChI=1S/C19H21N3O3S/c1-4-13-9-15-18(26-13)20-11-22(19(15)24)21-17(23)10-25-16-8-6-5-7-14(16)12(2)3/h5-9,11-12H,4,10H2,1-3H3,(H,21,23). The monoisotopic (exact) mass is 371 g/mol. The van der Waals surface area contributed by atoms with Crippen LogP contribution in [0, 0.1) is 0 Å².